The molecule has 112 valence electrons. The molecule has 21 heavy (non-hydrogen) atoms. The molecule has 0 saturated carbocycles. The second-order valence-corrected chi connectivity index (χ2v) is 5.20. The fourth-order valence-corrected chi connectivity index (χ4v) is 2.15. The molecule has 0 aliphatic rings. The van der Waals surface area contributed by atoms with E-state index in [0.29, 0.717) is 5.88 Å². The van der Waals surface area contributed by atoms with Crippen LogP contribution in [0.1, 0.15) is 37.1 Å². The summed E-state index contributed by atoms with van der Waals surface area (Å²) in [5, 5.41) is 3.42. The van der Waals surface area contributed by atoms with Crippen LogP contribution in [0.5, 0.6) is 11.6 Å². The molecule has 0 amide bonds. The Morgan fingerprint density at radius 3 is 2.67 bits per heavy atom. The first-order chi connectivity index (χ1) is 10.2. The van der Waals surface area contributed by atoms with Gasteiger partial charge in [0.1, 0.15) is 5.75 Å². The molecule has 0 spiro atoms. The van der Waals surface area contributed by atoms with Gasteiger partial charge in [-0.05, 0) is 49.6 Å². The van der Waals surface area contributed by atoms with E-state index in [0.717, 1.165) is 42.9 Å². The Bertz CT molecular complexity index is 581. The first-order valence-corrected chi connectivity index (χ1v) is 7.67. The zero-order valence-corrected chi connectivity index (χ0v) is 13.1. The van der Waals surface area contributed by atoms with E-state index in [4.69, 9.17) is 4.74 Å². The van der Waals surface area contributed by atoms with E-state index in [1.54, 1.807) is 0 Å². The van der Waals surface area contributed by atoms with Crippen LogP contribution < -0.4 is 10.1 Å². The molecular formula is C18H24N2O. The summed E-state index contributed by atoms with van der Waals surface area (Å²) in [5.41, 5.74) is 3.40. The Kier molecular flexibility index (Phi) is 5.76. The molecule has 0 bridgehead atoms. The zero-order chi connectivity index (χ0) is 15.1. The summed E-state index contributed by atoms with van der Waals surface area (Å²) in [4.78, 5) is 4.57. The van der Waals surface area contributed by atoms with E-state index in [9.17, 15) is 0 Å². The number of pyridine rings is 1. The van der Waals surface area contributed by atoms with Crippen LogP contribution in [0.15, 0.2) is 36.4 Å². The number of para-hydroxylation sites is 1. The second-order valence-electron chi connectivity index (χ2n) is 5.20. The smallest absolute Gasteiger partial charge is 0.219 e. The lowest BCUT2D eigenvalue weighted by molar-refractivity contribution is 0.456. The maximum atomic E-state index is 5.96. The second kappa shape index (κ2) is 7.79. The van der Waals surface area contributed by atoms with Crippen molar-refractivity contribution in [2.45, 2.75) is 40.2 Å². The number of nitrogens with one attached hydrogen (secondary N) is 1. The molecule has 3 heteroatoms. The van der Waals surface area contributed by atoms with E-state index in [1.807, 2.05) is 37.3 Å². The Labute approximate surface area is 127 Å². The highest BCUT2D eigenvalue weighted by Crippen LogP contribution is 2.24. The molecule has 0 aliphatic heterocycles. The van der Waals surface area contributed by atoms with Crippen LogP contribution in [-0.4, -0.2) is 11.5 Å². The molecule has 1 aromatic carbocycles. The van der Waals surface area contributed by atoms with Crippen LogP contribution in [0.3, 0.4) is 0 Å². The maximum absolute atomic E-state index is 5.96. The molecule has 2 rings (SSSR count). The Morgan fingerprint density at radius 2 is 1.95 bits per heavy atom. The SMILES string of the molecule is CCCNCc1cc(CC)nc(Oc2ccccc2C)c1. The molecule has 0 saturated heterocycles. The fourth-order valence-electron chi connectivity index (χ4n) is 2.15. The minimum atomic E-state index is 0.678. The van der Waals surface area contributed by atoms with Gasteiger partial charge < -0.3 is 10.1 Å². The molecule has 0 fully saturated rings. The van der Waals surface area contributed by atoms with Gasteiger partial charge in [0, 0.05) is 18.3 Å². The highest BCUT2D eigenvalue weighted by Gasteiger charge is 2.06. The normalized spacial score (nSPS) is 10.6. The maximum Gasteiger partial charge on any atom is 0.219 e. The van der Waals surface area contributed by atoms with Gasteiger partial charge in [0.25, 0.3) is 0 Å². The monoisotopic (exact) mass is 284 g/mol. The Hall–Kier alpha value is -1.87. The highest BCUT2D eigenvalue weighted by molar-refractivity contribution is 5.36. The average molecular weight is 284 g/mol. The summed E-state index contributed by atoms with van der Waals surface area (Å²) in [6.45, 7) is 8.21. The molecule has 2 aromatic rings. The first kappa shape index (κ1) is 15.5. The largest absolute Gasteiger partial charge is 0.439 e. The lowest BCUT2D eigenvalue weighted by Gasteiger charge is -2.11. The summed E-state index contributed by atoms with van der Waals surface area (Å²) in [7, 11) is 0. The van der Waals surface area contributed by atoms with Gasteiger partial charge >= 0.3 is 0 Å². The summed E-state index contributed by atoms with van der Waals surface area (Å²) < 4.78 is 5.96. The van der Waals surface area contributed by atoms with Crippen molar-refractivity contribution in [3.8, 4) is 11.6 Å². The number of aromatic nitrogens is 1. The third-order valence-corrected chi connectivity index (χ3v) is 3.34. The number of hydrogen-bond donors (Lipinski definition) is 1. The molecule has 1 heterocycles. The molecule has 0 atom stereocenters. The van der Waals surface area contributed by atoms with Gasteiger partial charge in [0.05, 0.1) is 0 Å². The van der Waals surface area contributed by atoms with Gasteiger partial charge in [-0.15, -0.1) is 0 Å². The van der Waals surface area contributed by atoms with Crippen LogP contribution in [0.25, 0.3) is 0 Å². The number of aryl methyl sites for hydroxylation is 2. The lowest BCUT2D eigenvalue weighted by atomic mass is 10.2. The number of benzene rings is 1. The van der Waals surface area contributed by atoms with Crippen molar-refractivity contribution < 1.29 is 4.74 Å². The number of rotatable bonds is 7. The standard InChI is InChI=1S/C18H24N2O/c1-4-10-19-13-15-11-16(5-2)20-18(12-15)21-17-9-7-6-8-14(17)3/h6-9,11-12,19H,4-5,10,13H2,1-3H3. The highest BCUT2D eigenvalue weighted by atomic mass is 16.5. The predicted molar refractivity (Wildman–Crippen MR) is 86.9 cm³/mol. The fraction of sp³-hybridized carbons (Fsp3) is 0.389. The summed E-state index contributed by atoms with van der Waals surface area (Å²) >= 11 is 0. The average Bonchev–Trinajstić information content (AvgIpc) is 2.50. The minimum Gasteiger partial charge on any atom is -0.439 e. The first-order valence-electron chi connectivity index (χ1n) is 7.67. The number of hydrogen-bond acceptors (Lipinski definition) is 3. The molecule has 1 aromatic heterocycles. The topological polar surface area (TPSA) is 34.2 Å². The molecular weight excluding hydrogens is 260 g/mol. The van der Waals surface area contributed by atoms with Crippen LogP contribution in [-0.2, 0) is 13.0 Å². The van der Waals surface area contributed by atoms with Crippen LogP contribution in [0, 0.1) is 6.92 Å². The van der Waals surface area contributed by atoms with Crippen LogP contribution >= 0.6 is 0 Å². The third kappa shape index (κ3) is 4.57. The van der Waals surface area contributed by atoms with Gasteiger partial charge in [-0.1, -0.05) is 32.0 Å². The van der Waals surface area contributed by atoms with Gasteiger partial charge in [0.2, 0.25) is 5.88 Å². The van der Waals surface area contributed by atoms with Gasteiger partial charge in [-0.3, -0.25) is 0 Å². The minimum absolute atomic E-state index is 0.678. The van der Waals surface area contributed by atoms with E-state index < -0.39 is 0 Å². The quantitative estimate of drug-likeness (QED) is 0.772. The predicted octanol–water partition coefficient (Wildman–Crippen LogP) is 4.24. The van der Waals surface area contributed by atoms with Crippen molar-refractivity contribution in [3.63, 3.8) is 0 Å². The summed E-state index contributed by atoms with van der Waals surface area (Å²) in [6.07, 6.45) is 2.05. The summed E-state index contributed by atoms with van der Waals surface area (Å²) in [5.74, 6) is 1.54. The summed E-state index contributed by atoms with van der Waals surface area (Å²) in [6, 6.07) is 12.2. The Morgan fingerprint density at radius 1 is 1.14 bits per heavy atom. The van der Waals surface area contributed by atoms with E-state index >= 15 is 0 Å². The van der Waals surface area contributed by atoms with Crippen molar-refractivity contribution in [2.75, 3.05) is 6.54 Å². The van der Waals surface area contributed by atoms with Crippen molar-refractivity contribution in [1.82, 2.24) is 10.3 Å². The van der Waals surface area contributed by atoms with Crippen molar-refractivity contribution >= 4 is 0 Å². The Balaban J connectivity index is 2.18. The van der Waals surface area contributed by atoms with Crippen molar-refractivity contribution in [3.05, 3.63) is 53.2 Å². The third-order valence-electron chi connectivity index (χ3n) is 3.34. The number of ether oxygens (including phenoxy) is 1. The van der Waals surface area contributed by atoms with E-state index in [2.05, 4.69) is 30.2 Å². The molecule has 3 nitrogen and oxygen atoms in total. The van der Waals surface area contributed by atoms with E-state index in [-0.39, 0.29) is 0 Å². The molecule has 0 unspecified atom stereocenters. The zero-order valence-electron chi connectivity index (χ0n) is 13.1. The van der Waals surface area contributed by atoms with Gasteiger partial charge in [-0.2, -0.15) is 0 Å². The van der Waals surface area contributed by atoms with Gasteiger partial charge in [0.15, 0.2) is 0 Å². The van der Waals surface area contributed by atoms with E-state index in [1.165, 1.54) is 5.56 Å². The molecule has 0 aliphatic carbocycles. The van der Waals surface area contributed by atoms with Crippen molar-refractivity contribution in [1.29, 1.82) is 0 Å². The lowest BCUT2D eigenvalue weighted by Crippen LogP contribution is -2.14. The molecule has 1 N–H and O–H groups in total. The molecule has 0 radical (unpaired) electrons. The number of nitrogens with zero attached hydrogens (tertiary/aromatic N) is 1. The van der Waals surface area contributed by atoms with Crippen LogP contribution in [0.2, 0.25) is 0 Å². The van der Waals surface area contributed by atoms with Gasteiger partial charge in [-0.25, -0.2) is 4.98 Å². The van der Waals surface area contributed by atoms with Crippen molar-refractivity contribution in [2.24, 2.45) is 0 Å². The van der Waals surface area contributed by atoms with Crippen LogP contribution in [0.4, 0.5) is 0 Å².